The molecule has 0 aromatic heterocycles. The second kappa shape index (κ2) is 7.14. The monoisotopic (exact) mass is 284 g/mol. The van der Waals surface area contributed by atoms with Crippen molar-refractivity contribution in [1.29, 1.82) is 0 Å². The van der Waals surface area contributed by atoms with Crippen LogP contribution in [0.25, 0.3) is 0 Å². The van der Waals surface area contributed by atoms with E-state index in [0.29, 0.717) is 19.6 Å². The minimum absolute atomic E-state index is 0.534. The van der Waals surface area contributed by atoms with Gasteiger partial charge in [-0.25, -0.2) is 0 Å². The van der Waals surface area contributed by atoms with Gasteiger partial charge in [0.15, 0.2) is 0 Å². The predicted molar refractivity (Wildman–Crippen MR) is 79.7 cm³/mol. The van der Waals surface area contributed by atoms with E-state index in [2.05, 4.69) is 5.32 Å². The molecule has 0 aliphatic heterocycles. The van der Waals surface area contributed by atoms with Crippen LogP contribution in [-0.2, 0) is 17.3 Å². The Hall–Kier alpha value is -0.750. The maximum atomic E-state index is 11.3. The van der Waals surface area contributed by atoms with Crippen molar-refractivity contribution in [3.63, 3.8) is 0 Å². The number of benzene rings is 1. The maximum Gasteiger partial charge on any atom is 0.0869 e. The largest absolute Gasteiger partial charge is 0.388 e. The number of aliphatic hydroxyl groups is 1. The number of nitrogens with zero attached hydrogens (tertiary/aromatic N) is 1. The summed E-state index contributed by atoms with van der Waals surface area (Å²) in [5.74, 6) is 0. The minimum Gasteiger partial charge on any atom is -0.388 e. The first-order chi connectivity index (χ1) is 8.80. The number of hydrogen-bond acceptors (Lipinski definition) is 4. The van der Waals surface area contributed by atoms with Crippen molar-refractivity contribution in [2.75, 3.05) is 33.4 Å². The van der Waals surface area contributed by atoms with Crippen molar-refractivity contribution in [3.05, 3.63) is 29.8 Å². The van der Waals surface area contributed by atoms with Crippen molar-refractivity contribution in [3.8, 4) is 0 Å². The first-order valence-corrected chi connectivity index (χ1v) is 7.86. The Morgan fingerprint density at radius 2 is 1.89 bits per heavy atom. The van der Waals surface area contributed by atoms with Crippen LogP contribution in [0.1, 0.15) is 12.5 Å². The SMILES string of the molecule is CN(C)CC(C)(O)CNCc1ccc(S(C)=O)cc1. The van der Waals surface area contributed by atoms with Gasteiger partial charge < -0.3 is 15.3 Å². The van der Waals surface area contributed by atoms with Crippen LogP contribution in [0.4, 0.5) is 0 Å². The van der Waals surface area contributed by atoms with Crippen molar-refractivity contribution in [2.45, 2.75) is 24.0 Å². The van der Waals surface area contributed by atoms with Gasteiger partial charge in [-0.2, -0.15) is 0 Å². The molecule has 0 bridgehead atoms. The molecule has 5 heteroatoms. The molecule has 108 valence electrons. The fourth-order valence-corrected chi connectivity index (χ4v) is 2.53. The van der Waals surface area contributed by atoms with Crippen LogP contribution in [0.15, 0.2) is 29.2 Å². The lowest BCUT2D eigenvalue weighted by Crippen LogP contribution is -2.45. The molecular formula is C14H24N2O2S. The second-order valence-electron chi connectivity index (χ2n) is 5.44. The lowest BCUT2D eigenvalue weighted by Gasteiger charge is -2.27. The summed E-state index contributed by atoms with van der Waals surface area (Å²) in [7, 11) is 2.96. The van der Waals surface area contributed by atoms with Gasteiger partial charge in [0.1, 0.15) is 0 Å². The Labute approximate surface area is 118 Å². The van der Waals surface area contributed by atoms with Gasteiger partial charge in [-0.3, -0.25) is 4.21 Å². The number of likely N-dealkylation sites (N-methyl/N-ethyl adjacent to an activating group) is 1. The van der Waals surface area contributed by atoms with E-state index >= 15 is 0 Å². The summed E-state index contributed by atoms with van der Waals surface area (Å²) in [5.41, 5.74) is 0.379. The van der Waals surface area contributed by atoms with Crippen LogP contribution in [0.2, 0.25) is 0 Å². The molecule has 0 radical (unpaired) electrons. The summed E-state index contributed by atoms with van der Waals surface area (Å²) in [6.07, 6.45) is 1.67. The fraction of sp³-hybridized carbons (Fsp3) is 0.571. The first-order valence-electron chi connectivity index (χ1n) is 6.30. The number of rotatable bonds is 7. The van der Waals surface area contributed by atoms with Crippen molar-refractivity contribution >= 4 is 10.8 Å². The lowest BCUT2D eigenvalue weighted by atomic mass is 10.1. The summed E-state index contributed by atoms with van der Waals surface area (Å²) in [5, 5.41) is 13.4. The number of nitrogens with one attached hydrogen (secondary N) is 1. The topological polar surface area (TPSA) is 52.6 Å². The van der Waals surface area contributed by atoms with Gasteiger partial charge in [0, 0.05) is 41.6 Å². The summed E-state index contributed by atoms with van der Waals surface area (Å²) in [6, 6.07) is 7.69. The van der Waals surface area contributed by atoms with E-state index in [1.807, 2.05) is 50.2 Å². The highest BCUT2D eigenvalue weighted by molar-refractivity contribution is 7.84. The average molecular weight is 284 g/mol. The highest BCUT2D eigenvalue weighted by Crippen LogP contribution is 2.08. The third-order valence-electron chi connectivity index (χ3n) is 2.75. The summed E-state index contributed by atoms with van der Waals surface area (Å²) in [6.45, 7) is 3.67. The third-order valence-corrected chi connectivity index (χ3v) is 3.68. The lowest BCUT2D eigenvalue weighted by molar-refractivity contribution is 0.0336. The minimum atomic E-state index is -0.930. The second-order valence-corrected chi connectivity index (χ2v) is 6.82. The molecule has 2 N–H and O–H groups in total. The van der Waals surface area contributed by atoms with E-state index in [0.717, 1.165) is 10.5 Å². The van der Waals surface area contributed by atoms with E-state index in [1.54, 1.807) is 6.26 Å². The zero-order chi connectivity index (χ0) is 14.5. The van der Waals surface area contributed by atoms with Gasteiger partial charge in [-0.1, -0.05) is 12.1 Å². The molecule has 0 aliphatic carbocycles. The molecule has 0 aliphatic rings. The molecule has 0 saturated heterocycles. The Kier molecular flexibility index (Phi) is 6.13. The summed E-state index contributed by atoms with van der Waals surface area (Å²) < 4.78 is 11.3. The highest BCUT2D eigenvalue weighted by atomic mass is 32.2. The van der Waals surface area contributed by atoms with Gasteiger partial charge in [0.25, 0.3) is 0 Å². The molecule has 1 rings (SSSR count). The molecule has 0 fully saturated rings. The molecular weight excluding hydrogens is 260 g/mol. The van der Waals surface area contributed by atoms with Gasteiger partial charge >= 0.3 is 0 Å². The van der Waals surface area contributed by atoms with E-state index in [9.17, 15) is 9.32 Å². The molecule has 0 spiro atoms. The Bertz CT molecular complexity index is 416. The van der Waals surface area contributed by atoms with E-state index < -0.39 is 16.4 Å². The molecule has 2 unspecified atom stereocenters. The zero-order valence-corrected chi connectivity index (χ0v) is 13.0. The van der Waals surface area contributed by atoms with E-state index in [-0.39, 0.29) is 0 Å². The van der Waals surface area contributed by atoms with E-state index in [1.165, 1.54) is 0 Å². The van der Waals surface area contributed by atoms with Gasteiger partial charge in [0.2, 0.25) is 0 Å². The zero-order valence-electron chi connectivity index (χ0n) is 12.1. The van der Waals surface area contributed by atoms with Gasteiger partial charge in [-0.05, 0) is 38.7 Å². The average Bonchev–Trinajstić information content (AvgIpc) is 2.27. The Balaban J connectivity index is 2.42. The van der Waals surface area contributed by atoms with Crippen LogP contribution in [-0.4, -0.2) is 53.3 Å². The summed E-state index contributed by atoms with van der Waals surface area (Å²) in [4.78, 5) is 2.80. The van der Waals surface area contributed by atoms with Crippen LogP contribution in [0, 0.1) is 0 Å². The molecule has 0 amide bonds. The normalized spacial score (nSPS) is 16.3. The summed E-state index contributed by atoms with van der Waals surface area (Å²) >= 11 is 0. The van der Waals surface area contributed by atoms with Crippen molar-refractivity contribution < 1.29 is 9.32 Å². The van der Waals surface area contributed by atoms with Gasteiger partial charge in [-0.15, -0.1) is 0 Å². The van der Waals surface area contributed by atoms with E-state index in [4.69, 9.17) is 0 Å². The standard InChI is InChI=1S/C14H24N2O2S/c1-14(17,11-16(2)3)10-15-9-12-5-7-13(8-6-12)19(4)18/h5-8,15,17H,9-11H2,1-4H3. The fourth-order valence-electron chi connectivity index (χ4n) is 2.01. The number of hydrogen-bond donors (Lipinski definition) is 2. The quantitative estimate of drug-likeness (QED) is 0.778. The smallest absolute Gasteiger partial charge is 0.0869 e. The highest BCUT2D eigenvalue weighted by Gasteiger charge is 2.20. The molecule has 19 heavy (non-hydrogen) atoms. The molecule has 4 nitrogen and oxygen atoms in total. The molecule has 1 aromatic carbocycles. The molecule has 0 saturated carbocycles. The molecule has 2 atom stereocenters. The predicted octanol–water partition coefficient (Wildman–Crippen LogP) is 0.826. The van der Waals surface area contributed by atoms with Crippen molar-refractivity contribution in [1.82, 2.24) is 10.2 Å². The van der Waals surface area contributed by atoms with Crippen LogP contribution in [0.3, 0.4) is 0 Å². The van der Waals surface area contributed by atoms with Crippen molar-refractivity contribution in [2.24, 2.45) is 0 Å². The Morgan fingerprint density at radius 1 is 1.32 bits per heavy atom. The third kappa shape index (κ3) is 6.29. The Morgan fingerprint density at radius 3 is 2.37 bits per heavy atom. The first kappa shape index (κ1) is 16.3. The molecule has 0 heterocycles. The molecule has 1 aromatic rings. The van der Waals surface area contributed by atoms with Gasteiger partial charge in [0.05, 0.1) is 5.60 Å². The van der Waals surface area contributed by atoms with Crippen LogP contribution in [0.5, 0.6) is 0 Å². The van der Waals surface area contributed by atoms with Crippen LogP contribution >= 0.6 is 0 Å². The maximum absolute atomic E-state index is 11.3. The van der Waals surface area contributed by atoms with Crippen LogP contribution < -0.4 is 5.32 Å².